The minimum atomic E-state index is -0.452. The van der Waals surface area contributed by atoms with Gasteiger partial charge < -0.3 is 5.32 Å². The summed E-state index contributed by atoms with van der Waals surface area (Å²) in [6.45, 7) is 1.63. The molecule has 0 spiro atoms. The summed E-state index contributed by atoms with van der Waals surface area (Å²) in [6.07, 6.45) is 0. The lowest BCUT2D eigenvalue weighted by atomic mass is 10.1. The van der Waals surface area contributed by atoms with E-state index in [4.69, 9.17) is 12.2 Å². The molecule has 6 heteroatoms. The van der Waals surface area contributed by atoms with Crippen LogP contribution in [0.2, 0.25) is 0 Å². The molecule has 1 N–H and O–H groups in total. The van der Waals surface area contributed by atoms with Gasteiger partial charge in [-0.2, -0.15) is 0 Å². The van der Waals surface area contributed by atoms with Crippen LogP contribution in [0.5, 0.6) is 0 Å². The van der Waals surface area contributed by atoms with E-state index in [0.717, 1.165) is 0 Å². The van der Waals surface area contributed by atoms with Crippen LogP contribution in [0, 0.1) is 22.9 Å². The SMILES string of the molecule is Cc1cc(C(=S)Nc2ccccc2F)ccc1[N+](=O)[O-]. The number of para-hydroxylation sites is 1. The van der Waals surface area contributed by atoms with Gasteiger partial charge in [0.25, 0.3) is 5.69 Å². The van der Waals surface area contributed by atoms with Gasteiger partial charge in [-0.1, -0.05) is 24.4 Å². The molecule has 0 saturated heterocycles. The Morgan fingerprint density at radius 2 is 2.00 bits per heavy atom. The van der Waals surface area contributed by atoms with Crippen LogP contribution in [0.3, 0.4) is 0 Å². The Morgan fingerprint density at radius 1 is 1.30 bits per heavy atom. The molecule has 0 bridgehead atoms. The maximum Gasteiger partial charge on any atom is 0.272 e. The maximum absolute atomic E-state index is 13.5. The van der Waals surface area contributed by atoms with Crippen molar-refractivity contribution in [1.82, 2.24) is 0 Å². The number of hydrogen-bond acceptors (Lipinski definition) is 3. The number of nitro benzene ring substituents is 1. The summed E-state index contributed by atoms with van der Waals surface area (Å²) in [6, 6.07) is 10.7. The van der Waals surface area contributed by atoms with Gasteiger partial charge in [-0.3, -0.25) is 10.1 Å². The molecule has 102 valence electrons. The molecule has 0 aliphatic heterocycles. The fourth-order valence-electron chi connectivity index (χ4n) is 1.76. The summed E-state index contributed by atoms with van der Waals surface area (Å²) in [5.41, 5.74) is 1.41. The Morgan fingerprint density at radius 3 is 2.60 bits per heavy atom. The van der Waals surface area contributed by atoms with E-state index < -0.39 is 10.7 Å². The Labute approximate surface area is 120 Å². The van der Waals surface area contributed by atoms with Crippen LogP contribution in [-0.4, -0.2) is 9.91 Å². The van der Waals surface area contributed by atoms with Crippen LogP contribution in [0.1, 0.15) is 11.1 Å². The second-order valence-corrected chi connectivity index (χ2v) is 4.60. The van der Waals surface area contributed by atoms with Gasteiger partial charge in [0.2, 0.25) is 0 Å². The highest BCUT2D eigenvalue weighted by Gasteiger charge is 2.12. The highest BCUT2D eigenvalue weighted by atomic mass is 32.1. The van der Waals surface area contributed by atoms with Crippen molar-refractivity contribution in [2.24, 2.45) is 0 Å². The molecule has 2 aromatic carbocycles. The van der Waals surface area contributed by atoms with Crippen molar-refractivity contribution in [3.05, 3.63) is 69.5 Å². The zero-order chi connectivity index (χ0) is 14.7. The lowest BCUT2D eigenvalue weighted by Gasteiger charge is -2.09. The minimum Gasteiger partial charge on any atom is -0.344 e. The normalized spacial score (nSPS) is 10.1. The lowest BCUT2D eigenvalue weighted by Crippen LogP contribution is -2.12. The van der Waals surface area contributed by atoms with Gasteiger partial charge in [-0.25, -0.2) is 4.39 Å². The Bertz CT molecular complexity index is 689. The van der Waals surface area contributed by atoms with Crippen molar-refractivity contribution in [1.29, 1.82) is 0 Å². The molecule has 0 atom stereocenters. The number of benzene rings is 2. The van der Waals surface area contributed by atoms with Gasteiger partial charge in [-0.15, -0.1) is 0 Å². The summed E-state index contributed by atoms with van der Waals surface area (Å²) in [5.74, 6) is -0.409. The maximum atomic E-state index is 13.5. The molecule has 0 unspecified atom stereocenters. The highest BCUT2D eigenvalue weighted by Crippen LogP contribution is 2.20. The fourth-order valence-corrected chi connectivity index (χ4v) is 2.00. The first-order valence-electron chi connectivity index (χ1n) is 5.80. The number of halogens is 1. The Kier molecular flexibility index (Phi) is 4.05. The number of rotatable bonds is 3. The highest BCUT2D eigenvalue weighted by molar-refractivity contribution is 7.81. The van der Waals surface area contributed by atoms with Gasteiger partial charge in [-0.05, 0) is 31.2 Å². The molecule has 0 aliphatic rings. The third-order valence-electron chi connectivity index (χ3n) is 2.78. The molecular weight excluding hydrogens is 279 g/mol. The first-order chi connectivity index (χ1) is 9.49. The summed E-state index contributed by atoms with van der Waals surface area (Å²) in [7, 11) is 0. The van der Waals surface area contributed by atoms with Crippen LogP contribution in [-0.2, 0) is 0 Å². The molecule has 0 heterocycles. The van der Waals surface area contributed by atoms with E-state index >= 15 is 0 Å². The summed E-state index contributed by atoms with van der Waals surface area (Å²) in [4.78, 5) is 10.6. The van der Waals surface area contributed by atoms with Gasteiger partial charge >= 0.3 is 0 Å². The fraction of sp³-hybridized carbons (Fsp3) is 0.0714. The van der Waals surface area contributed by atoms with E-state index in [9.17, 15) is 14.5 Å². The summed E-state index contributed by atoms with van der Waals surface area (Å²) >= 11 is 5.18. The van der Waals surface area contributed by atoms with E-state index in [2.05, 4.69) is 5.32 Å². The molecule has 4 nitrogen and oxygen atoms in total. The number of nitrogens with zero attached hydrogens (tertiary/aromatic N) is 1. The van der Waals surface area contributed by atoms with Crippen molar-refractivity contribution in [2.45, 2.75) is 6.92 Å². The predicted molar refractivity (Wildman–Crippen MR) is 79.6 cm³/mol. The lowest BCUT2D eigenvalue weighted by molar-refractivity contribution is -0.385. The van der Waals surface area contributed by atoms with Crippen molar-refractivity contribution in [3.63, 3.8) is 0 Å². The van der Waals surface area contributed by atoms with Crippen molar-refractivity contribution >= 4 is 28.6 Å². The molecule has 0 radical (unpaired) electrons. The van der Waals surface area contributed by atoms with Crippen LogP contribution >= 0.6 is 12.2 Å². The van der Waals surface area contributed by atoms with E-state index in [1.165, 1.54) is 12.1 Å². The van der Waals surface area contributed by atoms with Crippen LogP contribution in [0.25, 0.3) is 0 Å². The average Bonchev–Trinajstić information content (AvgIpc) is 2.40. The number of nitrogens with one attached hydrogen (secondary N) is 1. The third-order valence-corrected chi connectivity index (χ3v) is 3.12. The Hall–Kier alpha value is -2.34. The standard InChI is InChI=1S/C14H11FN2O2S/c1-9-8-10(6-7-13(9)17(18)19)14(20)16-12-5-3-2-4-11(12)15/h2-8H,1H3,(H,16,20). The quantitative estimate of drug-likeness (QED) is 0.530. The van der Waals surface area contributed by atoms with Crippen LogP contribution < -0.4 is 5.32 Å². The predicted octanol–water partition coefficient (Wildman–Crippen LogP) is 3.83. The topological polar surface area (TPSA) is 55.2 Å². The molecule has 0 amide bonds. The first-order valence-corrected chi connectivity index (χ1v) is 6.21. The first kappa shape index (κ1) is 14.1. The number of hydrogen-bond donors (Lipinski definition) is 1. The number of anilines is 1. The summed E-state index contributed by atoms with van der Waals surface area (Å²) in [5, 5.41) is 13.5. The Balaban J connectivity index is 2.24. The number of aryl methyl sites for hydroxylation is 1. The molecular formula is C14H11FN2O2S. The molecule has 20 heavy (non-hydrogen) atoms. The molecule has 2 rings (SSSR count). The molecule has 0 aliphatic carbocycles. The van der Waals surface area contributed by atoms with Crippen molar-refractivity contribution < 1.29 is 9.31 Å². The van der Waals surface area contributed by atoms with E-state index in [1.807, 2.05) is 0 Å². The van der Waals surface area contributed by atoms with E-state index in [1.54, 1.807) is 37.3 Å². The van der Waals surface area contributed by atoms with E-state index in [0.29, 0.717) is 16.1 Å². The van der Waals surface area contributed by atoms with Crippen molar-refractivity contribution in [3.8, 4) is 0 Å². The third kappa shape index (κ3) is 2.97. The zero-order valence-corrected chi connectivity index (χ0v) is 11.4. The van der Waals surface area contributed by atoms with Crippen LogP contribution in [0.4, 0.5) is 15.8 Å². The largest absolute Gasteiger partial charge is 0.344 e. The van der Waals surface area contributed by atoms with Crippen LogP contribution in [0.15, 0.2) is 42.5 Å². The van der Waals surface area contributed by atoms with Gasteiger partial charge in [0, 0.05) is 17.2 Å². The molecule has 0 aromatic heterocycles. The smallest absolute Gasteiger partial charge is 0.272 e. The summed E-state index contributed by atoms with van der Waals surface area (Å²) < 4.78 is 13.5. The average molecular weight is 290 g/mol. The van der Waals surface area contributed by atoms with Gasteiger partial charge in [0.05, 0.1) is 10.6 Å². The molecule has 0 fully saturated rings. The monoisotopic (exact) mass is 290 g/mol. The van der Waals surface area contributed by atoms with Gasteiger partial charge in [0.15, 0.2) is 0 Å². The second kappa shape index (κ2) is 5.75. The second-order valence-electron chi connectivity index (χ2n) is 4.19. The zero-order valence-electron chi connectivity index (χ0n) is 10.6. The molecule has 2 aromatic rings. The van der Waals surface area contributed by atoms with Gasteiger partial charge in [0.1, 0.15) is 10.8 Å². The number of nitro groups is 1. The minimum absolute atomic E-state index is 0.0300. The van der Waals surface area contributed by atoms with Crippen molar-refractivity contribution in [2.75, 3.05) is 5.32 Å². The molecule has 0 saturated carbocycles. The van der Waals surface area contributed by atoms with E-state index in [-0.39, 0.29) is 11.4 Å². The number of thiocarbonyl (C=S) groups is 1.